The van der Waals surface area contributed by atoms with E-state index in [-0.39, 0.29) is 5.82 Å². The Hall–Kier alpha value is -1.67. The van der Waals surface area contributed by atoms with E-state index >= 15 is 0 Å². The van der Waals surface area contributed by atoms with Gasteiger partial charge in [0, 0.05) is 12.7 Å². The molecule has 2 aromatic carbocycles. The van der Waals surface area contributed by atoms with Gasteiger partial charge in [-0.2, -0.15) is 0 Å². The molecule has 0 radical (unpaired) electrons. The molecule has 0 saturated heterocycles. The first-order valence-electron chi connectivity index (χ1n) is 10.6. The smallest absolute Gasteiger partial charge is 0.129 e. The van der Waals surface area contributed by atoms with Crippen LogP contribution in [0, 0.1) is 17.7 Å². The zero-order valence-corrected chi connectivity index (χ0v) is 16.8. The number of benzene rings is 2. The summed E-state index contributed by atoms with van der Waals surface area (Å²) in [7, 11) is 1.59. The fraction of sp³-hybridized carbons (Fsp3) is 0.520. The van der Waals surface area contributed by atoms with E-state index in [1.54, 1.807) is 13.2 Å². The minimum absolute atomic E-state index is 0.197. The number of methoxy groups -OCH3 is 1. The van der Waals surface area contributed by atoms with Crippen molar-refractivity contribution in [2.45, 2.75) is 64.9 Å². The van der Waals surface area contributed by atoms with E-state index in [0.29, 0.717) is 12.2 Å². The third-order valence-electron chi connectivity index (χ3n) is 6.14. The van der Waals surface area contributed by atoms with E-state index in [4.69, 9.17) is 4.74 Å². The third kappa shape index (κ3) is 5.65. The van der Waals surface area contributed by atoms with Gasteiger partial charge in [0.25, 0.3) is 0 Å². The molecule has 1 nitrogen and oxygen atoms in total. The van der Waals surface area contributed by atoms with Crippen LogP contribution in [0.1, 0.15) is 63.0 Å². The molecule has 0 bridgehead atoms. The summed E-state index contributed by atoms with van der Waals surface area (Å²) in [5.74, 6) is 1.69. The standard InChI is InChI=1S/C25H33FO/c1-3-4-19-5-7-20(8-6-19)9-10-21-11-13-22(14-12-21)23-15-16-24(18-27-2)25(26)17-23/h11-17,19-20H,3-10,18H2,1-2H3/t19-,20-. The average molecular weight is 369 g/mol. The summed E-state index contributed by atoms with van der Waals surface area (Å²) in [5.41, 5.74) is 3.99. The fourth-order valence-corrected chi connectivity index (χ4v) is 4.45. The molecule has 2 heteroatoms. The first kappa shape index (κ1) is 20.1. The highest BCUT2D eigenvalue weighted by atomic mass is 19.1. The lowest BCUT2D eigenvalue weighted by Gasteiger charge is -2.28. The van der Waals surface area contributed by atoms with Crippen molar-refractivity contribution in [1.82, 2.24) is 0 Å². The molecule has 1 fully saturated rings. The molecule has 3 rings (SSSR count). The van der Waals surface area contributed by atoms with Gasteiger partial charge in [-0.3, -0.25) is 0 Å². The van der Waals surface area contributed by atoms with Crippen LogP contribution >= 0.6 is 0 Å². The summed E-state index contributed by atoms with van der Waals surface area (Å²) in [4.78, 5) is 0. The van der Waals surface area contributed by atoms with Crippen molar-refractivity contribution in [3.63, 3.8) is 0 Å². The molecule has 146 valence electrons. The van der Waals surface area contributed by atoms with Gasteiger partial charge in [-0.1, -0.05) is 81.8 Å². The second-order valence-corrected chi connectivity index (χ2v) is 8.15. The minimum Gasteiger partial charge on any atom is -0.380 e. The molecule has 0 unspecified atom stereocenters. The Morgan fingerprint density at radius 1 is 0.889 bits per heavy atom. The van der Waals surface area contributed by atoms with Gasteiger partial charge < -0.3 is 4.74 Å². The molecule has 27 heavy (non-hydrogen) atoms. The molecule has 2 aromatic rings. The van der Waals surface area contributed by atoms with Crippen LogP contribution < -0.4 is 0 Å². The van der Waals surface area contributed by atoms with E-state index in [2.05, 4.69) is 31.2 Å². The van der Waals surface area contributed by atoms with E-state index < -0.39 is 0 Å². The van der Waals surface area contributed by atoms with Gasteiger partial charge in [0.15, 0.2) is 0 Å². The van der Waals surface area contributed by atoms with Crippen LogP contribution in [0.25, 0.3) is 11.1 Å². The molecular weight excluding hydrogens is 335 g/mol. The quantitative estimate of drug-likeness (QED) is 0.479. The number of rotatable bonds is 8. The number of ether oxygens (including phenoxy) is 1. The molecule has 0 N–H and O–H groups in total. The van der Waals surface area contributed by atoms with Crippen molar-refractivity contribution in [3.05, 3.63) is 59.4 Å². The molecule has 0 atom stereocenters. The second-order valence-electron chi connectivity index (χ2n) is 8.15. The largest absolute Gasteiger partial charge is 0.380 e. The molecule has 0 aliphatic heterocycles. The van der Waals surface area contributed by atoms with Gasteiger partial charge in [0.05, 0.1) is 6.61 Å². The van der Waals surface area contributed by atoms with Crippen LogP contribution in [0.3, 0.4) is 0 Å². The van der Waals surface area contributed by atoms with Gasteiger partial charge >= 0.3 is 0 Å². The zero-order valence-electron chi connectivity index (χ0n) is 16.8. The Kier molecular flexibility index (Phi) is 7.46. The van der Waals surface area contributed by atoms with E-state index in [1.165, 1.54) is 50.5 Å². The average Bonchev–Trinajstić information content (AvgIpc) is 2.70. The van der Waals surface area contributed by atoms with Crippen LogP contribution in [0.2, 0.25) is 0 Å². The predicted molar refractivity (Wildman–Crippen MR) is 111 cm³/mol. The minimum atomic E-state index is -0.197. The monoisotopic (exact) mass is 368 g/mol. The van der Waals surface area contributed by atoms with Crippen LogP contribution in [0.15, 0.2) is 42.5 Å². The molecule has 0 heterocycles. The van der Waals surface area contributed by atoms with E-state index in [1.807, 2.05) is 12.1 Å². The van der Waals surface area contributed by atoms with Crippen LogP contribution in [0.4, 0.5) is 4.39 Å². The highest BCUT2D eigenvalue weighted by Gasteiger charge is 2.20. The van der Waals surface area contributed by atoms with Gasteiger partial charge in [0.2, 0.25) is 0 Å². The van der Waals surface area contributed by atoms with Crippen molar-refractivity contribution in [1.29, 1.82) is 0 Å². The summed E-state index contributed by atoms with van der Waals surface area (Å²) in [6.45, 7) is 2.61. The maximum atomic E-state index is 14.1. The molecule has 1 aliphatic rings. The highest BCUT2D eigenvalue weighted by Crippen LogP contribution is 2.34. The van der Waals surface area contributed by atoms with Crippen molar-refractivity contribution in [2.75, 3.05) is 7.11 Å². The Labute approximate surface area is 164 Å². The topological polar surface area (TPSA) is 9.23 Å². The van der Waals surface area contributed by atoms with Gasteiger partial charge in [0.1, 0.15) is 5.82 Å². The Morgan fingerprint density at radius 3 is 2.11 bits per heavy atom. The molecule has 0 spiro atoms. The Morgan fingerprint density at radius 2 is 1.52 bits per heavy atom. The summed E-state index contributed by atoms with van der Waals surface area (Å²) in [6, 6.07) is 14.1. The third-order valence-corrected chi connectivity index (χ3v) is 6.14. The highest BCUT2D eigenvalue weighted by molar-refractivity contribution is 5.64. The molecule has 0 aromatic heterocycles. The molecule has 1 saturated carbocycles. The second kappa shape index (κ2) is 10.0. The normalized spacial score (nSPS) is 20.0. The molecule has 1 aliphatic carbocycles. The van der Waals surface area contributed by atoms with E-state index in [9.17, 15) is 4.39 Å². The Bertz CT molecular complexity index is 699. The van der Waals surface area contributed by atoms with Crippen molar-refractivity contribution >= 4 is 0 Å². The van der Waals surface area contributed by atoms with Crippen LogP contribution in [0.5, 0.6) is 0 Å². The van der Waals surface area contributed by atoms with Crippen molar-refractivity contribution in [3.8, 4) is 11.1 Å². The van der Waals surface area contributed by atoms with Gasteiger partial charge in [-0.15, -0.1) is 0 Å². The maximum absolute atomic E-state index is 14.1. The lowest BCUT2D eigenvalue weighted by molar-refractivity contribution is 0.181. The Balaban J connectivity index is 1.53. The van der Waals surface area contributed by atoms with Crippen LogP contribution in [-0.2, 0) is 17.8 Å². The number of aryl methyl sites for hydroxylation is 1. The number of hydrogen-bond acceptors (Lipinski definition) is 1. The first-order chi connectivity index (χ1) is 13.2. The van der Waals surface area contributed by atoms with E-state index in [0.717, 1.165) is 29.4 Å². The fourth-order valence-electron chi connectivity index (χ4n) is 4.45. The summed E-state index contributed by atoms with van der Waals surface area (Å²) in [5, 5.41) is 0. The summed E-state index contributed by atoms with van der Waals surface area (Å²) in [6.07, 6.45) is 10.9. The van der Waals surface area contributed by atoms with Gasteiger partial charge in [-0.25, -0.2) is 4.39 Å². The van der Waals surface area contributed by atoms with Crippen molar-refractivity contribution in [2.24, 2.45) is 11.8 Å². The zero-order chi connectivity index (χ0) is 19.1. The molecule has 0 amide bonds. The van der Waals surface area contributed by atoms with Crippen LogP contribution in [-0.4, -0.2) is 7.11 Å². The van der Waals surface area contributed by atoms with Gasteiger partial charge in [-0.05, 0) is 47.4 Å². The first-order valence-corrected chi connectivity index (χ1v) is 10.6. The maximum Gasteiger partial charge on any atom is 0.129 e. The lowest BCUT2D eigenvalue weighted by Crippen LogP contribution is -2.15. The SMILES string of the molecule is CCC[C@H]1CC[C@H](CCc2ccc(-c3ccc(COC)c(F)c3)cc2)CC1. The number of halogens is 1. The number of hydrogen-bond donors (Lipinski definition) is 0. The predicted octanol–water partition coefficient (Wildman–Crippen LogP) is 7.18. The molecular formula is C25H33FO. The van der Waals surface area contributed by atoms with Crippen molar-refractivity contribution < 1.29 is 9.13 Å². The summed E-state index contributed by atoms with van der Waals surface area (Å²) >= 11 is 0. The lowest BCUT2D eigenvalue weighted by atomic mass is 9.78. The summed E-state index contributed by atoms with van der Waals surface area (Å²) < 4.78 is 19.1.